The molecule has 0 aliphatic rings. The molecular weight excluding hydrogens is 206 g/mol. The number of nitrogens with zero attached hydrogens (tertiary/aromatic N) is 1. The first-order valence-electron chi connectivity index (χ1n) is 5.84. The zero-order chi connectivity index (χ0) is 12.4. The monoisotopic (exact) mass is 229 g/mol. The Morgan fingerprint density at radius 1 is 1.25 bits per heavy atom. The van der Waals surface area contributed by atoms with Crippen LogP contribution in [0.3, 0.4) is 0 Å². The molecule has 0 rings (SSSR count). The fraction of sp³-hybridized carbons (Fsp3) is 0.818. The molecule has 0 aromatic carbocycles. The first-order chi connectivity index (χ1) is 7.65. The molecule has 5 heteroatoms. The van der Waals surface area contributed by atoms with Crippen molar-refractivity contribution in [1.82, 2.24) is 15.5 Å². The molecule has 0 atom stereocenters. The van der Waals surface area contributed by atoms with Crippen LogP contribution in [0.2, 0.25) is 0 Å². The van der Waals surface area contributed by atoms with Crippen molar-refractivity contribution in [2.24, 2.45) is 0 Å². The standard InChI is InChI=1S/C11H23N3O2/c1-4-8-14(9-10(15)12-3)11(16)6-7-13-5-2/h13H,4-9H2,1-3H3,(H,12,15). The maximum Gasteiger partial charge on any atom is 0.239 e. The van der Waals surface area contributed by atoms with Crippen molar-refractivity contribution in [3.63, 3.8) is 0 Å². The zero-order valence-corrected chi connectivity index (χ0v) is 10.5. The maximum atomic E-state index is 11.8. The number of carbonyl (C=O) groups is 2. The summed E-state index contributed by atoms with van der Waals surface area (Å²) >= 11 is 0. The van der Waals surface area contributed by atoms with Crippen LogP contribution in [-0.2, 0) is 9.59 Å². The van der Waals surface area contributed by atoms with E-state index in [4.69, 9.17) is 0 Å². The van der Waals surface area contributed by atoms with E-state index >= 15 is 0 Å². The van der Waals surface area contributed by atoms with Crippen LogP contribution in [0.5, 0.6) is 0 Å². The lowest BCUT2D eigenvalue weighted by molar-refractivity contribution is -0.135. The molecule has 0 heterocycles. The summed E-state index contributed by atoms with van der Waals surface area (Å²) in [7, 11) is 1.58. The summed E-state index contributed by atoms with van der Waals surface area (Å²) in [4.78, 5) is 24.6. The molecule has 0 unspecified atom stereocenters. The Bertz CT molecular complexity index is 219. The summed E-state index contributed by atoms with van der Waals surface area (Å²) in [6.07, 6.45) is 1.31. The topological polar surface area (TPSA) is 61.4 Å². The van der Waals surface area contributed by atoms with Crippen LogP contribution in [0.1, 0.15) is 26.7 Å². The smallest absolute Gasteiger partial charge is 0.239 e. The van der Waals surface area contributed by atoms with Crippen molar-refractivity contribution in [2.45, 2.75) is 26.7 Å². The van der Waals surface area contributed by atoms with Gasteiger partial charge in [0.1, 0.15) is 0 Å². The minimum absolute atomic E-state index is 0.0337. The van der Waals surface area contributed by atoms with Gasteiger partial charge in [-0.1, -0.05) is 13.8 Å². The molecule has 0 bridgehead atoms. The minimum Gasteiger partial charge on any atom is -0.358 e. The van der Waals surface area contributed by atoms with E-state index in [1.807, 2.05) is 13.8 Å². The van der Waals surface area contributed by atoms with Gasteiger partial charge in [-0.3, -0.25) is 9.59 Å². The second-order valence-electron chi connectivity index (χ2n) is 3.59. The Balaban J connectivity index is 4.07. The number of rotatable bonds is 8. The Morgan fingerprint density at radius 3 is 2.44 bits per heavy atom. The number of likely N-dealkylation sites (N-methyl/N-ethyl adjacent to an activating group) is 1. The van der Waals surface area contributed by atoms with Crippen LogP contribution in [0, 0.1) is 0 Å². The van der Waals surface area contributed by atoms with E-state index in [9.17, 15) is 9.59 Å². The maximum absolute atomic E-state index is 11.8. The molecule has 0 aliphatic carbocycles. The van der Waals surface area contributed by atoms with Gasteiger partial charge in [0.05, 0.1) is 6.54 Å². The lowest BCUT2D eigenvalue weighted by Gasteiger charge is -2.21. The van der Waals surface area contributed by atoms with Crippen LogP contribution >= 0.6 is 0 Å². The third kappa shape index (κ3) is 6.40. The Hall–Kier alpha value is -1.10. The van der Waals surface area contributed by atoms with Crippen LogP contribution in [0.25, 0.3) is 0 Å². The van der Waals surface area contributed by atoms with Gasteiger partial charge in [-0.15, -0.1) is 0 Å². The number of amides is 2. The molecule has 5 nitrogen and oxygen atoms in total. The molecule has 0 fully saturated rings. The zero-order valence-electron chi connectivity index (χ0n) is 10.5. The number of carbonyl (C=O) groups excluding carboxylic acids is 2. The normalized spacial score (nSPS) is 9.94. The summed E-state index contributed by atoms with van der Waals surface area (Å²) < 4.78 is 0. The van der Waals surface area contributed by atoms with E-state index in [1.54, 1.807) is 11.9 Å². The molecule has 0 saturated carbocycles. The van der Waals surface area contributed by atoms with Gasteiger partial charge < -0.3 is 15.5 Å². The van der Waals surface area contributed by atoms with Crippen LogP contribution in [-0.4, -0.2) is 49.9 Å². The van der Waals surface area contributed by atoms with Crippen molar-refractivity contribution < 1.29 is 9.59 Å². The molecule has 0 aliphatic heterocycles. The summed E-state index contributed by atoms with van der Waals surface area (Å²) in [5, 5.41) is 5.62. The first kappa shape index (κ1) is 14.9. The largest absolute Gasteiger partial charge is 0.358 e. The van der Waals surface area contributed by atoms with E-state index in [1.165, 1.54) is 0 Å². The van der Waals surface area contributed by atoms with E-state index in [0.717, 1.165) is 13.0 Å². The highest BCUT2D eigenvalue weighted by Gasteiger charge is 2.14. The highest BCUT2D eigenvalue weighted by molar-refractivity contribution is 5.84. The third-order valence-electron chi connectivity index (χ3n) is 2.23. The number of hydrogen-bond donors (Lipinski definition) is 2. The van der Waals surface area contributed by atoms with Crippen LogP contribution in [0.4, 0.5) is 0 Å². The second kappa shape index (κ2) is 9.15. The number of nitrogens with one attached hydrogen (secondary N) is 2. The predicted octanol–water partition coefficient (Wildman–Crippen LogP) is -0.0294. The Morgan fingerprint density at radius 2 is 1.94 bits per heavy atom. The first-order valence-corrected chi connectivity index (χ1v) is 5.84. The van der Waals surface area contributed by atoms with E-state index in [-0.39, 0.29) is 18.4 Å². The van der Waals surface area contributed by atoms with Gasteiger partial charge in [0.25, 0.3) is 0 Å². The molecule has 0 aromatic rings. The fourth-order valence-electron chi connectivity index (χ4n) is 1.34. The average Bonchev–Trinajstić information content (AvgIpc) is 2.28. The van der Waals surface area contributed by atoms with Crippen LogP contribution < -0.4 is 10.6 Å². The van der Waals surface area contributed by atoms with Gasteiger partial charge in [-0.05, 0) is 13.0 Å². The summed E-state index contributed by atoms with van der Waals surface area (Å²) in [6.45, 7) is 6.32. The van der Waals surface area contributed by atoms with Gasteiger partial charge in [0.15, 0.2) is 0 Å². The molecule has 16 heavy (non-hydrogen) atoms. The summed E-state index contributed by atoms with van der Waals surface area (Å²) in [6, 6.07) is 0. The third-order valence-corrected chi connectivity index (χ3v) is 2.23. The van der Waals surface area contributed by atoms with E-state index < -0.39 is 0 Å². The molecular formula is C11H23N3O2. The molecule has 0 aromatic heterocycles. The van der Waals surface area contributed by atoms with Gasteiger partial charge in [-0.2, -0.15) is 0 Å². The average molecular weight is 229 g/mol. The lowest BCUT2D eigenvalue weighted by Crippen LogP contribution is -2.41. The highest BCUT2D eigenvalue weighted by Crippen LogP contribution is 1.96. The minimum atomic E-state index is -0.120. The second-order valence-corrected chi connectivity index (χ2v) is 3.59. The van der Waals surface area contributed by atoms with Gasteiger partial charge in [0.2, 0.25) is 11.8 Å². The van der Waals surface area contributed by atoms with Gasteiger partial charge in [0, 0.05) is 26.6 Å². The van der Waals surface area contributed by atoms with E-state index in [2.05, 4.69) is 10.6 Å². The van der Waals surface area contributed by atoms with E-state index in [0.29, 0.717) is 19.5 Å². The molecule has 0 radical (unpaired) electrons. The molecule has 2 amide bonds. The quantitative estimate of drug-likeness (QED) is 0.575. The molecule has 94 valence electrons. The Labute approximate surface area is 97.6 Å². The van der Waals surface area contributed by atoms with Crippen molar-refractivity contribution in [3.05, 3.63) is 0 Å². The highest BCUT2D eigenvalue weighted by atomic mass is 16.2. The van der Waals surface area contributed by atoms with Crippen LogP contribution in [0.15, 0.2) is 0 Å². The van der Waals surface area contributed by atoms with Crippen molar-refractivity contribution in [1.29, 1.82) is 0 Å². The SMILES string of the molecule is CCCN(CC(=O)NC)C(=O)CCNCC. The molecule has 2 N–H and O–H groups in total. The molecule has 0 saturated heterocycles. The number of hydrogen-bond acceptors (Lipinski definition) is 3. The lowest BCUT2D eigenvalue weighted by atomic mass is 10.3. The Kier molecular flexibility index (Phi) is 8.52. The molecule has 0 spiro atoms. The summed E-state index contributed by atoms with van der Waals surface area (Å²) in [5.41, 5.74) is 0. The summed E-state index contributed by atoms with van der Waals surface area (Å²) in [5.74, 6) is -0.0864. The van der Waals surface area contributed by atoms with Gasteiger partial charge >= 0.3 is 0 Å². The van der Waals surface area contributed by atoms with Crippen molar-refractivity contribution in [2.75, 3.05) is 33.2 Å². The van der Waals surface area contributed by atoms with Crippen molar-refractivity contribution >= 4 is 11.8 Å². The predicted molar refractivity (Wildman–Crippen MR) is 64.1 cm³/mol. The van der Waals surface area contributed by atoms with Crippen molar-refractivity contribution in [3.8, 4) is 0 Å². The fourth-order valence-corrected chi connectivity index (χ4v) is 1.34. The van der Waals surface area contributed by atoms with Gasteiger partial charge in [-0.25, -0.2) is 0 Å².